The summed E-state index contributed by atoms with van der Waals surface area (Å²) in [6.07, 6.45) is 6.41. The standard InChI is InChI=1S/C22H27NO5S2/c1-3-4-14-28-19(24)8-6-5-7-13-23-20(25)18(30-22(23)29)15-16-9-11-17(12-10-16)21(26)27-2/h9-12,15H,3-8,13-14H2,1-2H3/b18-15-. The lowest BCUT2D eigenvalue weighted by atomic mass is 10.1. The molecule has 162 valence electrons. The molecular formula is C22H27NO5S2. The minimum atomic E-state index is -0.401. The second kappa shape index (κ2) is 12.5. The summed E-state index contributed by atoms with van der Waals surface area (Å²) in [5.74, 6) is -0.668. The molecule has 1 aliphatic heterocycles. The number of carbonyl (C=O) groups is 3. The average Bonchev–Trinajstić information content (AvgIpc) is 3.00. The Labute approximate surface area is 187 Å². The minimum Gasteiger partial charge on any atom is -0.466 e. The van der Waals surface area contributed by atoms with Crippen LogP contribution in [0.2, 0.25) is 0 Å². The number of amides is 1. The lowest BCUT2D eigenvalue weighted by Crippen LogP contribution is -2.29. The van der Waals surface area contributed by atoms with Gasteiger partial charge in [0.15, 0.2) is 0 Å². The first-order valence-corrected chi connectivity index (χ1v) is 11.3. The van der Waals surface area contributed by atoms with Gasteiger partial charge < -0.3 is 9.47 Å². The molecule has 0 saturated carbocycles. The van der Waals surface area contributed by atoms with Crippen molar-refractivity contribution in [3.8, 4) is 0 Å². The molecular weight excluding hydrogens is 422 g/mol. The molecule has 30 heavy (non-hydrogen) atoms. The molecule has 0 atom stereocenters. The van der Waals surface area contributed by atoms with Crippen LogP contribution in [0.1, 0.15) is 61.4 Å². The number of thiocarbonyl (C=S) groups is 1. The van der Waals surface area contributed by atoms with Crippen LogP contribution < -0.4 is 0 Å². The van der Waals surface area contributed by atoms with E-state index >= 15 is 0 Å². The van der Waals surface area contributed by atoms with Gasteiger partial charge in [-0.05, 0) is 43.0 Å². The number of hydrogen-bond donors (Lipinski definition) is 0. The molecule has 2 rings (SSSR count). The maximum Gasteiger partial charge on any atom is 0.337 e. The molecule has 0 bridgehead atoms. The van der Waals surface area contributed by atoms with Crippen molar-refractivity contribution in [1.29, 1.82) is 0 Å². The lowest BCUT2D eigenvalue weighted by molar-refractivity contribution is -0.143. The fourth-order valence-corrected chi connectivity index (χ4v) is 4.10. The first-order valence-electron chi connectivity index (χ1n) is 10.1. The Hall–Kier alpha value is -2.19. The predicted molar refractivity (Wildman–Crippen MR) is 122 cm³/mol. The van der Waals surface area contributed by atoms with Gasteiger partial charge in [0.2, 0.25) is 0 Å². The van der Waals surface area contributed by atoms with Crippen molar-refractivity contribution in [1.82, 2.24) is 4.90 Å². The van der Waals surface area contributed by atoms with E-state index < -0.39 is 5.97 Å². The van der Waals surface area contributed by atoms with Gasteiger partial charge in [-0.1, -0.05) is 55.9 Å². The van der Waals surface area contributed by atoms with Crippen molar-refractivity contribution in [3.05, 3.63) is 40.3 Å². The van der Waals surface area contributed by atoms with Crippen molar-refractivity contribution in [2.75, 3.05) is 20.3 Å². The molecule has 0 aliphatic carbocycles. The van der Waals surface area contributed by atoms with Crippen LogP contribution in [0.15, 0.2) is 29.2 Å². The Kier molecular flexibility index (Phi) is 10.0. The summed E-state index contributed by atoms with van der Waals surface area (Å²) in [6.45, 7) is 3.08. The number of ether oxygens (including phenoxy) is 2. The molecule has 1 aromatic carbocycles. The Morgan fingerprint density at radius 1 is 1.13 bits per heavy atom. The van der Waals surface area contributed by atoms with Gasteiger partial charge in [-0.3, -0.25) is 14.5 Å². The molecule has 0 spiro atoms. The first-order chi connectivity index (χ1) is 14.5. The van der Waals surface area contributed by atoms with E-state index in [1.165, 1.54) is 18.9 Å². The SMILES string of the molecule is CCCCOC(=O)CCCCCN1C(=O)/C(=C/c2ccc(C(=O)OC)cc2)SC1=S. The highest BCUT2D eigenvalue weighted by atomic mass is 32.2. The molecule has 0 radical (unpaired) electrons. The number of rotatable bonds is 11. The lowest BCUT2D eigenvalue weighted by Gasteiger charge is -2.14. The number of thioether (sulfide) groups is 1. The van der Waals surface area contributed by atoms with Crippen LogP contribution in [-0.4, -0.2) is 47.3 Å². The summed E-state index contributed by atoms with van der Waals surface area (Å²) < 4.78 is 10.4. The summed E-state index contributed by atoms with van der Waals surface area (Å²) in [5, 5.41) is 0. The summed E-state index contributed by atoms with van der Waals surface area (Å²) in [5.41, 5.74) is 1.26. The normalized spacial score (nSPS) is 15.0. The van der Waals surface area contributed by atoms with Crippen LogP contribution in [0, 0.1) is 0 Å². The van der Waals surface area contributed by atoms with E-state index in [-0.39, 0.29) is 11.9 Å². The van der Waals surface area contributed by atoms with E-state index in [9.17, 15) is 14.4 Å². The van der Waals surface area contributed by atoms with Gasteiger partial charge in [0.05, 0.1) is 24.2 Å². The van der Waals surface area contributed by atoms with Crippen molar-refractivity contribution in [3.63, 3.8) is 0 Å². The number of esters is 2. The monoisotopic (exact) mass is 449 g/mol. The van der Waals surface area contributed by atoms with Gasteiger partial charge in [-0.15, -0.1) is 0 Å². The highest BCUT2D eigenvalue weighted by Crippen LogP contribution is 2.32. The van der Waals surface area contributed by atoms with Gasteiger partial charge >= 0.3 is 11.9 Å². The molecule has 1 fully saturated rings. The zero-order valence-electron chi connectivity index (χ0n) is 17.3. The number of benzene rings is 1. The van der Waals surface area contributed by atoms with Crippen LogP contribution in [-0.2, 0) is 19.1 Å². The van der Waals surface area contributed by atoms with E-state index in [1.54, 1.807) is 35.2 Å². The number of unbranched alkanes of at least 4 members (excludes halogenated alkanes) is 3. The summed E-state index contributed by atoms with van der Waals surface area (Å²) in [7, 11) is 1.33. The fraction of sp³-hybridized carbons (Fsp3) is 0.455. The highest BCUT2D eigenvalue weighted by molar-refractivity contribution is 8.26. The molecule has 8 heteroatoms. The van der Waals surface area contributed by atoms with E-state index in [4.69, 9.17) is 17.0 Å². The molecule has 1 amide bonds. The number of methoxy groups -OCH3 is 1. The Morgan fingerprint density at radius 3 is 2.53 bits per heavy atom. The second-order valence-electron chi connectivity index (χ2n) is 6.83. The Bertz CT molecular complexity index is 804. The van der Waals surface area contributed by atoms with Gasteiger partial charge in [-0.25, -0.2) is 4.79 Å². The summed E-state index contributed by atoms with van der Waals surface area (Å²) in [4.78, 5) is 37.9. The van der Waals surface area contributed by atoms with Crippen LogP contribution >= 0.6 is 24.0 Å². The molecule has 1 aliphatic rings. The maximum absolute atomic E-state index is 12.7. The highest BCUT2D eigenvalue weighted by Gasteiger charge is 2.31. The fourth-order valence-electron chi connectivity index (χ4n) is 2.80. The third-order valence-electron chi connectivity index (χ3n) is 4.53. The van der Waals surface area contributed by atoms with Crippen molar-refractivity contribution in [2.45, 2.75) is 45.4 Å². The molecule has 6 nitrogen and oxygen atoms in total. The predicted octanol–water partition coefficient (Wildman–Crippen LogP) is 4.58. The summed E-state index contributed by atoms with van der Waals surface area (Å²) >= 11 is 6.63. The number of nitrogens with zero attached hydrogens (tertiary/aromatic N) is 1. The van der Waals surface area contributed by atoms with Gasteiger partial charge in [0, 0.05) is 13.0 Å². The van der Waals surface area contributed by atoms with E-state index in [1.807, 2.05) is 0 Å². The average molecular weight is 450 g/mol. The smallest absolute Gasteiger partial charge is 0.337 e. The van der Waals surface area contributed by atoms with E-state index in [2.05, 4.69) is 11.7 Å². The topological polar surface area (TPSA) is 72.9 Å². The van der Waals surface area contributed by atoms with Crippen molar-refractivity contribution < 1.29 is 23.9 Å². The van der Waals surface area contributed by atoms with Crippen LogP contribution in [0.4, 0.5) is 0 Å². The number of carbonyl (C=O) groups excluding carboxylic acids is 3. The van der Waals surface area contributed by atoms with Crippen molar-refractivity contribution in [2.24, 2.45) is 0 Å². The van der Waals surface area contributed by atoms with Gasteiger partial charge in [-0.2, -0.15) is 0 Å². The summed E-state index contributed by atoms with van der Waals surface area (Å²) in [6, 6.07) is 6.84. The van der Waals surface area contributed by atoms with Crippen LogP contribution in [0.5, 0.6) is 0 Å². The first kappa shape index (κ1) is 24.1. The Morgan fingerprint density at radius 2 is 1.87 bits per heavy atom. The molecule has 0 N–H and O–H groups in total. The van der Waals surface area contributed by atoms with E-state index in [0.29, 0.717) is 34.4 Å². The third kappa shape index (κ3) is 7.25. The van der Waals surface area contributed by atoms with Gasteiger partial charge in [0.25, 0.3) is 5.91 Å². The van der Waals surface area contributed by atoms with E-state index in [0.717, 1.165) is 37.7 Å². The largest absolute Gasteiger partial charge is 0.466 e. The second-order valence-corrected chi connectivity index (χ2v) is 8.51. The molecule has 1 saturated heterocycles. The minimum absolute atomic E-state index is 0.110. The number of hydrogen-bond acceptors (Lipinski definition) is 7. The Balaban J connectivity index is 1.79. The molecule has 0 aromatic heterocycles. The third-order valence-corrected chi connectivity index (χ3v) is 5.90. The zero-order valence-corrected chi connectivity index (χ0v) is 19.0. The quantitative estimate of drug-likeness (QED) is 0.212. The van der Waals surface area contributed by atoms with Crippen LogP contribution in [0.25, 0.3) is 6.08 Å². The molecule has 1 aromatic rings. The van der Waals surface area contributed by atoms with Gasteiger partial charge in [0.1, 0.15) is 4.32 Å². The molecule has 0 unspecified atom stereocenters. The van der Waals surface area contributed by atoms with Crippen LogP contribution in [0.3, 0.4) is 0 Å². The molecule has 1 heterocycles. The maximum atomic E-state index is 12.7. The van der Waals surface area contributed by atoms with Crippen molar-refractivity contribution >= 4 is 52.2 Å². The zero-order chi connectivity index (χ0) is 21.9.